The first kappa shape index (κ1) is 16.0. The monoisotopic (exact) mass is 288 g/mol. The highest BCUT2D eigenvalue weighted by Crippen LogP contribution is 2.34. The Morgan fingerprint density at radius 3 is 2.48 bits per heavy atom. The quantitative estimate of drug-likeness (QED) is 0.842. The third-order valence-electron chi connectivity index (χ3n) is 4.45. The summed E-state index contributed by atoms with van der Waals surface area (Å²) in [6, 6.07) is 10.7. The summed E-state index contributed by atoms with van der Waals surface area (Å²) in [5, 5.41) is 6.48. The van der Waals surface area contributed by atoms with E-state index < -0.39 is 0 Å². The van der Waals surface area contributed by atoms with Gasteiger partial charge < -0.3 is 5.32 Å². The molecule has 2 N–H and O–H groups in total. The van der Waals surface area contributed by atoms with E-state index in [0.29, 0.717) is 12.5 Å². The summed E-state index contributed by atoms with van der Waals surface area (Å²) in [6.07, 6.45) is 6.49. The second-order valence-corrected chi connectivity index (χ2v) is 6.07. The number of hydrogen-bond acceptors (Lipinski definition) is 2. The molecule has 0 aliphatic heterocycles. The minimum atomic E-state index is -0.155. The van der Waals surface area contributed by atoms with Crippen molar-refractivity contribution in [2.75, 3.05) is 6.54 Å². The predicted molar refractivity (Wildman–Crippen MR) is 87.0 cm³/mol. The van der Waals surface area contributed by atoms with Gasteiger partial charge in [-0.25, -0.2) is 0 Å². The lowest BCUT2D eigenvalue weighted by Crippen LogP contribution is -2.45. The van der Waals surface area contributed by atoms with Gasteiger partial charge in [0, 0.05) is 12.6 Å². The number of carbonyl (C=O) groups excluding carboxylic acids is 1. The van der Waals surface area contributed by atoms with Crippen molar-refractivity contribution in [2.45, 2.75) is 58.0 Å². The highest BCUT2D eigenvalue weighted by molar-refractivity contribution is 5.81. The summed E-state index contributed by atoms with van der Waals surface area (Å²) in [4.78, 5) is 12.0. The van der Waals surface area contributed by atoms with E-state index in [1.807, 2.05) is 13.8 Å². The third-order valence-corrected chi connectivity index (χ3v) is 4.45. The van der Waals surface area contributed by atoms with E-state index in [4.69, 9.17) is 0 Å². The van der Waals surface area contributed by atoms with Gasteiger partial charge in [0.25, 0.3) is 0 Å². The minimum Gasteiger partial charge on any atom is -0.355 e. The number of nitrogens with one attached hydrogen (secondary N) is 2. The first-order valence-electron chi connectivity index (χ1n) is 8.31. The highest BCUT2D eigenvalue weighted by Gasteiger charge is 2.27. The van der Waals surface area contributed by atoms with Crippen LogP contribution in [0.4, 0.5) is 0 Å². The lowest BCUT2D eigenvalue weighted by atomic mass is 9.81. The maximum atomic E-state index is 12.0. The van der Waals surface area contributed by atoms with Crippen molar-refractivity contribution in [3.63, 3.8) is 0 Å². The van der Waals surface area contributed by atoms with Gasteiger partial charge >= 0.3 is 0 Å². The molecule has 0 radical (unpaired) electrons. The zero-order chi connectivity index (χ0) is 15.1. The van der Waals surface area contributed by atoms with Crippen LogP contribution >= 0.6 is 0 Å². The SMILES string of the molecule is CCNC(=O)C(C)NC(c1ccccc1)C1CCCCC1. The van der Waals surface area contributed by atoms with Crippen LogP contribution in [0, 0.1) is 5.92 Å². The number of likely N-dealkylation sites (N-methyl/N-ethyl adjacent to an activating group) is 1. The van der Waals surface area contributed by atoms with E-state index in [1.54, 1.807) is 0 Å². The molecule has 0 bridgehead atoms. The summed E-state index contributed by atoms with van der Waals surface area (Å²) in [6.45, 7) is 4.61. The van der Waals surface area contributed by atoms with Gasteiger partial charge in [-0.3, -0.25) is 10.1 Å². The Morgan fingerprint density at radius 2 is 1.86 bits per heavy atom. The average Bonchev–Trinajstić information content (AvgIpc) is 2.54. The van der Waals surface area contributed by atoms with E-state index in [1.165, 1.54) is 37.7 Å². The predicted octanol–water partition coefficient (Wildman–Crippen LogP) is 3.42. The van der Waals surface area contributed by atoms with Crippen LogP contribution in [-0.4, -0.2) is 18.5 Å². The van der Waals surface area contributed by atoms with Crippen molar-refractivity contribution in [2.24, 2.45) is 5.92 Å². The molecule has 0 spiro atoms. The van der Waals surface area contributed by atoms with Crippen molar-refractivity contribution < 1.29 is 4.79 Å². The van der Waals surface area contributed by atoms with Gasteiger partial charge in [0.15, 0.2) is 0 Å². The number of amides is 1. The van der Waals surface area contributed by atoms with Crippen LogP contribution in [0.15, 0.2) is 30.3 Å². The molecule has 21 heavy (non-hydrogen) atoms. The van der Waals surface area contributed by atoms with Crippen LogP contribution in [0.5, 0.6) is 0 Å². The van der Waals surface area contributed by atoms with Gasteiger partial charge in [-0.05, 0) is 38.2 Å². The lowest BCUT2D eigenvalue weighted by molar-refractivity contribution is -0.123. The van der Waals surface area contributed by atoms with Gasteiger partial charge in [-0.15, -0.1) is 0 Å². The van der Waals surface area contributed by atoms with E-state index in [0.717, 1.165) is 0 Å². The van der Waals surface area contributed by atoms with Crippen LogP contribution < -0.4 is 10.6 Å². The Labute approximate surface area is 128 Å². The maximum Gasteiger partial charge on any atom is 0.236 e. The zero-order valence-corrected chi connectivity index (χ0v) is 13.3. The van der Waals surface area contributed by atoms with E-state index >= 15 is 0 Å². The molecule has 1 amide bonds. The highest BCUT2D eigenvalue weighted by atomic mass is 16.2. The molecule has 2 unspecified atom stereocenters. The maximum absolute atomic E-state index is 12.0. The second-order valence-electron chi connectivity index (χ2n) is 6.07. The largest absolute Gasteiger partial charge is 0.355 e. The molecule has 2 atom stereocenters. The van der Waals surface area contributed by atoms with Crippen molar-refractivity contribution in [3.05, 3.63) is 35.9 Å². The molecule has 3 heteroatoms. The lowest BCUT2D eigenvalue weighted by Gasteiger charge is -2.33. The standard InChI is InChI=1S/C18H28N2O/c1-3-19-18(21)14(2)20-17(15-10-6-4-7-11-15)16-12-8-5-9-13-16/h4,6-7,10-11,14,16-17,20H,3,5,8-9,12-13H2,1-2H3,(H,19,21). The van der Waals surface area contributed by atoms with Gasteiger partial charge in [-0.1, -0.05) is 49.6 Å². The number of rotatable bonds is 6. The van der Waals surface area contributed by atoms with Crippen molar-refractivity contribution in [1.29, 1.82) is 0 Å². The summed E-state index contributed by atoms with van der Waals surface area (Å²) >= 11 is 0. The summed E-state index contributed by atoms with van der Waals surface area (Å²) in [7, 11) is 0. The summed E-state index contributed by atoms with van der Waals surface area (Å²) < 4.78 is 0. The van der Waals surface area contributed by atoms with Crippen LogP contribution in [0.1, 0.15) is 57.6 Å². The molecule has 116 valence electrons. The number of benzene rings is 1. The smallest absolute Gasteiger partial charge is 0.236 e. The van der Waals surface area contributed by atoms with E-state index in [-0.39, 0.29) is 18.0 Å². The molecule has 2 rings (SSSR count). The van der Waals surface area contributed by atoms with Crippen LogP contribution in [0.2, 0.25) is 0 Å². The molecule has 3 nitrogen and oxygen atoms in total. The fourth-order valence-corrected chi connectivity index (χ4v) is 3.30. The van der Waals surface area contributed by atoms with Gasteiger partial charge in [0.05, 0.1) is 6.04 Å². The Morgan fingerprint density at radius 1 is 1.19 bits per heavy atom. The number of hydrogen-bond donors (Lipinski definition) is 2. The fourth-order valence-electron chi connectivity index (χ4n) is 3.30. The van der Waals surface area contributed by atoms with Gasteiger partial charge in [0.1, 0.15) is 0 Å². The fraction of sp³-hybridized carbons (Fsp3) is 0.611. The van der Waals surface area contributed by atoms with E-state index in [9.17, 15) is 4.79 Å². The molecule has 1 aliphatic rings. The molecular weight excluding hydrogens is 260 g/mol. The molecule has 0 heterocycles. The first-order chi connectivity index (χ1) is 10.2. The number of carbonyl (C=O) groups is 1. The molecule has 1 aromatic carbocycles. The Kier molecular flexibility index (Phi) is 6.24. The molecule has 0 aromatic heterocycles. The summed E-state index contributed by atoms with van der Waals surface area (Å²) in [5.74, 6) is 0.729. The molecular formula is C18H28N2O. The average molecular weight is 288 g/mol. The molecule has 1 fully saturated rings. The topological polar surface area (TPSA) is 41.1 Å². The van der Waals surface area contributed by atoms with Crippen molar-refractivity contribution >= 4 is 5.91 Å². The zero-order valence-electron chi connectivity index (χ0n) is 13.3. The van der Waals surface area contributed by atoms with Crippen LogP contribution in [0.25, 0.3) is 0 Å². The Bertz CT molecular complexity index is 426. The third kappa shape index (κ3) is 4.57. The van der Waals surface area contributed by atoms with Crippen LogP contribution in [0.3, 0.4) is 0 Å². The molecule has 1 aliphatic carbocycles. The van der Waals surface area contributed by atoms with Gasteiger partial charge in [-0.2, -0.15) is 0 Å². The normalized spacial score (nSPS) is 19.0. The summed E-state index contributed by atoms with van der Waals surface area (Å²) in [5.41, 5.74) is 1.31. The van der Waals surface area contributed by atoms with E-state index in [2.05, 4.69) is 41.0 Å². The van der Waals surface area contributed by atoms with Crippen molar-refractivity contribution in [1.82, 2.24) is 10.6 Å². The second kappa shape index (κ2) is 8.18. The molecule has 1 saturated carbocycles. The molecule has 1 aromatic rings. The van der Waals surface area contributed by atoms with Crippen molar-refractivity contribution in [3.8, 4) is 0 Å². The van der Waals surface area contributed by atoms with Gasteiger partial charge in [0.2, 0.25) is 5.91 Å². The minimum absolute atomic E-state index is 0.0919. The first-order valence-corrected chi connectivity index (χ1v) is 8.31. The molecule has 0 saturated heterocycles. The Hall–Kier alpha value is -1.35. The Balaban J connectivity index is 2.10. The van der Waals surface area contributed by atoms with Crippen LogP contribution in [-0.2, 0) is 4.79 Å².